The summed E-state index contributed by atoms with van der Waals surface area (Å²) < 4.78 is 1.77. The van der Waals surface area contributed by atoms with Crippen molar-refractivity contribution < 1.29 is 0 Å². The van der Waals surface area contributed by atoms with E-state index in [0.717, 1.165) is 24.7 Å². The first kappa shape index (κ1) is 9.46. The standard InChI is InChI=1S/C11H16N2O/c1-9-3-2-7-13(11(9)14)8-6-12-10-4-5-10/h2-3,7,10,12H,4-6,8H2,1H3. The summed E-state index contributed by atoms with van der Waals surface area (Å²) in [4.78, 5) is 11.6. The molecule has 0 radical (unpaired) electrons. The lowest BCUT2D eigenvalue weighted by Gasteiger charge is -2.06. The summed E-state index contributed by atoms with van der Waals surface area (Å²) in [6, 6.07) is 4.50. The highest BCUT2D eigenvalue weighted by molar-refractivity contribution is 5.07. The Bertz CT molecular complexity index is 366. The molecule has 1 heterocycles. The first-order valence-electron chi connectivity index (χ1n) is 5.17. The number of pyridine rings is 1. The Morgan fingerprint density at radius 3 is 3.07 bits per heavy atom. The zero-order valence-corrected chi connectivity index (χ0v) is 8.49. The summed E-state index contributed by atoms with van der Waals surface area (Å²) >= 11 is 0. The average molecular weight is 192 g/mol. The molecule has 1 fully saturated rings. The van der Waals surface area contributed by atoms with E-state index in [9.17, 15) is 4.79 Å². The predicted molar refractivity (Wildman–Crippen MR) is 56.5 cm³/mol. The van der Waals surface area contributed by atoms with Gasteiger partial charge in [-0.05, 0) is 25.8 Å². The second-order valence-electron chi connectivity index (χ2n) is 3.92. The topological polar surface area (TPSA) is 34.0 Å². The van der Waals surface area contributed by atoms with Crippen LogP contribution in [0.4, 0.5) is 0 Å². The molecule has 0 amide bonds. The van der Waals surface area contributed by atoms with Crippen LogP contribution in [0.1, 0.15) is 18.4 Å². The van der Waals surface area contributed by atoms with E-state index in [2.05, 4.69) is 5.32 Å². The predicted octanol–water partition coefficient (Wildman–Crippen LogP) is 0.909. The van der Waals surface area contributed by atoms with Gasteiger partial charge < -0.3 is 9.88 Å². The van der Waals surface area contributed by atoms with Crippen LogP contribution >= 0.6 is 0 Å². The fourth-order valence-electron chi connectivity index (χ4n) is 1.51. The molecule has 1 N–H and O–H groups in total. The molecule has 0 saturated heterocycles. The summed E-state index contributed by atoms with van der Waals surface area (Å²) in [6.45, 7) is 3.53. The molecule has 0 bridgehead atoms. The first-order chi connectivity index (χ1) is 6.77. The zero-order chi connectivity index (χ0) is 9.97. The van der Waals surface area contributed by atoms with Gasteiger partial charge in [0.25, 0.3) is 5.56 Å². The van der Waals surface area contributed by atoms with E-state index in [0.29, 0.717) is 0 Å². The van der Waals surface area contributed by atoms with Gasteiger partial charge in [-0.15, -0.1) is 0 Å². The molecule has 0 aliphatic heterocycles. The van der Waals surface area contributed by atoms with Crippen LogP contribution in [0.5, 0.6) is 0 Å². The van der Waals surface area contributed by atoms with Gasteiger partial charge in [0.05, 0.1) is 0 Å². The van der Waals surface area contributed by atoms with Gasteiger partial charge in [0.1, 0.15) is 0 Å². The zero-order valence-electron chi connectivity index (χ0n) is 8.49. The van der Waals surface area contributed by atoms with Crippen LogP contribution in [0.2, 0.25) is 0 Å². The van der Waals surface area contributed by atoms with Crippen molar-refractivity contribution in [1.29, 1.82) is 0 Å². The number of hydrogen-bond acceptors (Lipinski definition) is 2. The fourth-order valence-corrected chi connectivity index (χ4v) is 1.51. The number of aromatic nitrogens is 1. The SMILES string of the molecule is Cc1cccn(CCNC2CC2)c1=O. The Morgan fingerprint density at radius 1 is 1.57 bits per heavy atom. The van der Waals surface area contributed by atoms with Crippen LogP contribution in [0.25, 0.3) is 0 Å². The van der Waals surface area contributed by atoms with Crippen molar-refractivity contribution in [2.45, 2.75) is 32.4 Å². The number of aryl methyl sites for hydroxylation is 1. The molecule has 0 unspecified atom stereocenters. The summed E-state index contributed by atoms with van der Waals surface area (Å²) in [6.07, 6.45) is 4.44. The number of nitrogens with one attached hydrogen (secondary N) is 1. The van der Waals surface area contributed by atoms with Crippen molar-refractivity contribution >= 4 is 0 Å². The molecular weight excluding hydrogens is 176 g/mol. The molecule has 2 rings (SSSR count). The van der Waals surface area contributed by atoms with Crippen molar-refractivity contribution in [3.8, 4) is 0 Å². The Balaban J connectivity index is 1.94. The first-order valence-corrected chi connectivity index (χ1v) is 5.17. The highest BCUT2D eigenvalue weighted by atomic mass is 16.1. The Hall–Kier alpha value is -1.09. The molecule has 1 aromatic rings. The minimum absolute atomic E-state index is 0.130. The van der Waals surface area contributed by atoms with Crippen LogP contribution in [-0.4, -0.2) is 17.2 Å². The molecule has 1 aliphatic carbocycles. The maximum atomic E-state index is 11.6. The van der Waals surface area contributed by atoms with E-state index in [1.165, 1.54) is 12.8 Å². The Morgan fingerprint density at radius 2 is 2.36 bits per heavy atom. The van der Waals surface area contributed by atoms with Crippen molar-refractivity contribution in [2.75, 3.05) is 6.54 Å². The molecule has 3 heteroatoms. The molecular formula is C11H16N2O. The van der Waals surface area contributed by atoms with Gasteiger partial charge in [-0.1, -0.05) is 6.07 Å². The van der Waals surface area contributed by atoms with Crippen molar-refractivity contribution in [3.05, 3.63) is 34.2 Å². The lowest BCUT2D eigenvalue weighted by molar-refractivity contribution is 0.581. The van der Waals surface area contributed by atoms with Crippen LogP contribution < -0.4 is 10.9 Å². The highest BCUT2D eigenvalue weighted by Gasteiger charge is 2.19. The second-order valence-corrected chi connectivity index (χ2v) is 3.92. The molecule has 3 nitrogen and oxygen atoms in total. The highest BCUT2D eigenvalue weighted by Crippen LogP contribution is 2.17. The maximum Gasteiger partial charge on any atom is 0.253 e. The number of hydrogen-bond donors (Lipinski definition) is 1. The monoisotopic (exact) mass is 192 g/mol. The van der Waals surface area contributed by atoms with E-state index in [1.807, 2.05) is 25.3 Å². The maximum absolute atomic E-state index is 11.6. The summed E-state index contributed by atoms with van der Waals surface area (Å²) in [5.74, 6) is 0. The van der Waals surface area contributed by atoms with Crippen LogP contribution in [0, 0.1) is 6.92 Å². The molecule has 0 atom stereocenters. The van der Waals surface area contributed by atoms with Gasteiger partial charge in [-0.25, -0.2) is 0 Å². The van der Waals surface area contributed by atoms with Gasteiger partial charge in [-0.2, -0.15) is 0 Å². The molecule has 1 saturated carbocycles. The quantitative estimate of drug-likeness (QED) is 0.769. The third-order valence-electron chi connectivity index (χ3n) is 2.57. The van der Waals surface area contributed by atoms with E-state index >= 15 is 0 Å². The molecule has 0 aromatic carbocycles. The summed E-state index contributed by atoms with van der Waals surface area (Å²) in [5.41, 5.74) is 0.948. The molecule has 0 spiro atoms. The second kappa shape index (κ2) is 3.96. The smallest absolute Gasteiger partial charge is 0.253 e. The number of nitrogens with zero attached hydrogens (tertiary/aromatic N) is 1. The third kappa shape index (κ3) is 2.23. The van der Waals surface area contributed by atoms with Crippen LogP contribution in [0.3, 0.4) is 0 Å². The van der Waals surface area contributed by atoms with Gasteiger partial charge in [0, 0.05) is 30.9 Å². The summed E-state index contributed by atoms with van der Waals surface area (Å²) in [7, 11) is 0. The minimum Gasteiger partial charge on any atom is -0.314 e. The third-order valence-corrected chi connectivity index (χ3v) is 2.57. The molecule has 1 aliphatic rings. The van der Waals surface area contributed by atoms with Gasteiger partial charge in [0.15, 0.2) is 0 Å². The van der Waals surface area contributed by atoms with Crippen LogP contribution in [0.15, 0.2) is 23.1 Å². The van der Waals surface area contributed by atoms with Crippen molar-refractivity contribution in [1.82, 2.24) is 9.88 Å². The van der Waals surface area contributed by atoms with Crippen LogP contribution in [-0.2, 0) is 6.54 Å². The Labute approximate surface area is 83.8 Å². The molecule has 14 heavy (non-hydrogen) atoms. The molecule has 1 aromatic heterocycles. The number of rotatable bonds is 4. The summed E-state index contributed by atoms with van der Waals surface area (Å²) in [5, 5.41) is 3.39. The minimum atomic E-state index is 0.130. The molecule has 76 valence electrons. The lowest BCUT2D eigenvalue weighted by atomic mass is 10.3. The van der Waals surface area contributed by atoms with E-state index in [-0.39, 0.29) is 5.56 Å². The Kier molecular flexibility index (Phi) is 2.68. The average Bonchev–Trinajstić information content (AvgIpc) is 2.96. The van der Waals surface area contributed by atoms with Crippen molar-refractivity contribution in [3.63, 3.8) is 0 Å². The normalized spacial score (nSPS) is 15.8. The fraction of sp³-hybridized carbons (Fsp3) is 0.545. The van der Waals surface area contributed by atoms with Gasteiger partial charge in [0.2, 0.25) is 0 Å². The van der Waals surface area contributed by atoms with E-state index in [1.54, 1.807) is 4.57 Å². The lowest BCUT2D eigenvalue weighted by Crippen LogP contribution is -2.28. The van der Waals surface area contributed by atoms with Gasteiger partial charge in [-0.3, -0.25) is 4.79 Å². The van der Waals surface area contributed by atoms with Crippen molar-refractivity contribution in [2.24, 2.45) is 0 Å². The van der Waals surface area contributed by atoms with E-state index < -0.39 is 0 Å². The van der Waals surface area contributed by atoms with E-state index in [4.69, 9.17) is 0 Å². The van der Waals surface area contributed by atoms with Gasteiger partial charge >= 0.3 is 0 Å². The largest absolute Gasteiger partial charge is 0.314 e.